The molecular weight excluding hydrogens is 923 g/mol. The van der Waals surface area contributed by atoms with Crippen LogP contribution >= 0.6 is 0 Å². The number of likely N-dealkylation sites (tertiary alicyclic amines) is 1. The van der Waals surface area contributed by atoms with Crippen LogP contribution in [-0.4, -0.2) is 114 Å². The second kappa shape index (κ2) is 23.0. The standard InChI is InChI=1S/C57H79N9O7/c1-11-42(59-10)51(69)64-48(57(6,7)8)55(73)66-32-39(30-46(66)53(71)62-44-25-17-21-35-19-13-15-23-41(35)44)60-50(68)37-27-26-36-29-45(52(70)61-43-24-16-20-34-18-12-14-22-40(34)43)65(31-38(36)28-37)54(72)47(56(3,4)5)63-49(67)33(2)58-9/h12-15,18-19,22-23,26-28,33,39,42-48,58-59H,11,16-17,20-21,24-25,29-32H2,1-10H3,(H,60,68)(H,61,70)(H,62,71)(H,63,67)(H,64,69)/t33-,39-,42-,43+,44+,45-,46-,47+,48+/m0/s1. The molecule has 73 heavy (non-hydrogen) atoms. The van der Waals surface area contributed by atoms with Gasteiger partial charge >= 0.3 is 0 Å². The van der Waals surface area contributed by atoms with Crippen molar-refractivity contribution in [3.63, 3.8) is 0 Å². The molecule has 1 fully saturated rings. The van der Waals surface area contributed by atoms with Gasteiger partial charge < -0.3 is 47.0 Å². The molecule has 2 aliphatic carbocycles. The minimum atomic E-state index is -0.983. The van der Waals surface area contributed by atoms with Crippen LogP contribution in [0.2, 0.25) is 0 Å². The van der Waals surface area contributed by atoms with E-state index in [-0.39, 0.29) is 61.6 Å². The van der Waals surface area contributed by atoms with Gasteiger partial charge in [0.1, 0.15) is 24.2 Å². The van der Waals surface area contributed by atoms with Crippen molar-refractivity contribution in [2.45, 2.75) is 174 Å². The fraction of sp³-hybridized carbons (Fsp3) is 0.561. The first kappa shape index (κ1) is 54.6. The molecule has 3 aromatic rings. The number of fused-ring (bicyclic) bond motifs is 3. The second-order valence-corrected chi connectivity index (χ2v) is 22.8. The van der Waals surface area contributed by atoms with Crippen molar-refractivity contribution in [3.05, 3.63) is 106 Å². The highest BCUT2D eigenvalue weighted by Crippen LogP contribution is 2.35. The van der Waals surface area contributed by atoms with E-state index in [0.717, 1.165) is 55.2 Å². The average Bonchev–Trinajstić information content (AvgIpc) is 3.79. The highest BCUT2D eigenvalue weighted by Gasteiger charge is 2.47. The van der Waals surface area contributed by atoms with Crippen LogP contribution in [0.4, 0.5) is 0 Å². The van der Waals surface area contributed by atoms with Gasteiger partial charge in [-0.1, -0.05) is 103 Å². The van der Waals surface area contributed by atoms with Gasteiger partial charge in [0.25, 0.3) is 5.91 Å². The molecule has 0 aromatic heterocycles. The monoisotopic (exact) mass is 1000 g/mol. The maximum Gasteiger partial charge on any atom is 0.251 e. The zero-order valence-electron chi connectivity index (χ0n) is 44.6. The molecule has 0 bridgehead atoms. The van der Waals surface area contributed by atoms with Crippen LogP contribution in [0, 0.1) is 10.8 Å². The van der Waals surface area contributed by atoms with Crippen LogP contribution in [0.1, 0.15) is 150 Å². The Morgan fingerprint density at radius 3 is 1.70 bits per heavy atom. The number of likely N-dealkylation sites (N-methyl/N-ethyl adjacent to an activating group) is 2. The lowest BCUT2D eigenvalue weighted by atomic mass is 9.83. The molecule has 3 aromatic carbocycles. The Morgan fingerprint density at radius 1 is 0.630 bits per heavy atom. The molecule has 4 aliphatic rings. The number of carbonyl (C=O) groups excluding carboxylic acids is 7. The summed E-state index contributed by atoms with van der Waals surface area (Å²) in [4.78, 5) is 103. The summed E-state index contributed by atoms with van der Waals surface area (Å²) in [6.07, 6.45) is 5.99. The molecule has 7 rings (SSSR count). The quantitative estimate of drug-likeness (QED) is 0.113. The summed E-state index contributed by atoms with van der Waals surface area (Å²) in [5.41, 5.74) is 4.82. The molecule has 2 aliphatic heterocycles. The van der Waals surface area contributed by atoms with Gasteiger partial charge in [-0.2, -0.15) is 0 Å². The summed E-state index contributed by atoms with van der Waals surface area (Å²) in [7, 11) is 3.37. The van der Waals surface area contributed by atoms with Crippen molar-refractivity contribution in [3.8, 4) is 0 Å². The van der Waals surface area contributed by atoms with Gasteiger partial charge in [-0.3, -0.25) is 33.6 Å². The highest BCUT2D eigenvalue weighted by molar-refractivity contribution is 5.97. The summed E-state index contributed by atoms with van der Waals surface area (Å²) in [6, 6.07) is 15.4. The predicted molar refractivity (Wildman–Crippen MR) is 281 cm³/mol. The smallest absolute Gasteiger partial charge is 0.251 e. The van der Waals surface area contributed by atoms with Crippen molar-refractivity contribution in [1.29, 1.82) is 0 Å². The number of hydrogen-bond acceptors (Lipinski definition) is 9. The zero-order valence-corrected chi connectivity index (χ0v) is 44.6. The molecule has 394 valence electrons. The van der Waals surface area contributed by atoms with E-state index < -0.39 is 70.8 Å². The van der Waals surface area contributed by atoms with Crippen LogP contribution in [0.15, 0.2) is 66.7 Å². The summed E-state index contributed by atoms with van der Waals surface area (Å²) in [5.74, 6) is -2.55. The Labute approximate surface area is 431 Å². The van der Waals surface area contributed by atoms with E-state index in [1.54, 1.807) is 38.1 Å². The minimum Gasteiger partial charge on any atom is -0.347 e. The second-order valence-electron chi connectivity index (χ2n) is 22.8. The lowest BCUT2D eigenvalue weighted by Crippen LogP contribution is -2.62. The van der Waals surface area contributed by atoms with Crippen molar-refractivity contribution in [2.24, 2.45) is 10.8 Å². The Bertz CT molecular complexity index is 2550. The van der Waals surface area contributed by atoms with Crippen LogP contribution in [0.5, 0.6) is 0 Å². The van der Waals surface area contributed by atoms with E-state index in [1.165, 1.54) is 16.0 Å². The van der Waals surface area contributed by atoms with Gasteiger partial charge in [-0.05, 0) is 129 Å². The van der Waals surface area contributed by atoms with E-state index in [9.17, 15) is 33.6 Å². The zero-order chi connectivity index (χ0) is 52.9. The molecule has 0 saturated carbocycles. The molecule has 9 atom stereocenters. The van der Waals surface area contributed by atoms with Gasteiger partial charge in [-0.15, -0.1) is 0 Å². The van der Waals surface area contributed by atoms with E-state index in [1.807, 2.05) is 90.9 Å². The Kier molecular flexibility index (Phi) is 17.2. The number of aryl methyl sites for hydroxylation is 2. The Morgan fingerprint density at radius 2 is 1.16 bits per heavy atom. The molecule has 7 N–H and O–H groups in total. The topological polar surface area (TPSA) is 210 Å². The third kappa shape index (κ3) is 12.5. The van der Waals surface area contributed by atoms with Crippen molar-refractivity contribution < 1.29 is 33.6 Å². The van der Waals surface area contributed by atoms with E-state index in [0.29, 0.717) is 17.5 Å². The fourth-order valence-electron chi connectivity index (χ4n) is 11.0. The SMILES string of the molecule is CC[C@H](NC)C(=O)N[C@H](C(=O)N1C[C@@H](NC(=O)c2ccc3c(c2)CN(C(=O)[C@@H](NC(=O)[C@H](C)NC)C(C)(C)C)[C@H](C(=O)N[C@@H]2CCCc4ccccc42)C3)C[C@H]1C(=O)N[C@@H]1CCCc2ccccc21)C(C)(C)C. The lowest BCUT2D eigenvalue weighted by molar-refractivity contribution is -0.147. The molecule has 16 nitrogen and oxygen atoms in total. The molecule has 0 radical (unpaired) electrons. The molecule has 2 heterocycles. The largest absolute Gasteiger partial charge is 0.347 e. The first-order chi connectivity index (χ1) is 34.6. The summed E-state index contributed by atoms with van der Waals surface area (Å²) < 4.78 is 0. The first-order valence-corrected chi connectivity index (χ1v) is 26.4. The average molecular weight is 1000 g/mol. The highest BCUT2D eigenvalue weighted by atomic mass is 16.2. The van der Waals surface area contributed by atoms with Gasteiger partial charge in [0, 0.05) is 31.1 Å². The predicted octanol–water partition coefficient (Wildman–Crippen LogP) is 4.69. The van der Waals surface area contributed by atoms with Crippen molar-refractivity contribution in [1.82, 2.24) is 47.0 Å². The third-order valence-electron chi connectivity index (χ3n) is 15.5. The summed E-state index contributed by atoms with van der Waals surface area (Å²) in [5, 5.41) is 21.6. The fourth-order valence-corrected chi connectivity index (χ4v) is 11.0. The number of carbonyl (C=O) groups is 7. The third-order valence-corrected chi connectivity index (χ3v) is 15.5. The lowest BCUT2D eigenvalue weighted by Gasteiger charge is -2.42. The van der Waals surface area contributed by atoms with Crippen molar-refractivity contribution in [2.75, 3.05) is 20.6 Å². The molecule has 0 unspecified atom stereocenters. The Hall–Kier alpha value is -6.13. The van der Waals surface area contributed by atoms with Crippen LogP contribution in [0.3, 0.4) is 0 Å². The number of nitrogens with zero attached hydrogens (tertiary/aromatic N) is 2. The number of nitrogens with one attached hydrogen (secondary N) is 7. The van der Waals surface area contributed by atoms with Gasteiger partial charge in [0.15, 0.2) is 0 Å². The minimum absolute atomic E-state index is 0.00323. The van der Waals surface area contributed by atoms with Gasteiger partial charge in [-0.25, -0.2) is 0 Å². The molecule has 1 saturated heterocycles. The molecule has 7 amide bonds. The van der Waals surface area contributed by atoms with Crippen LogP contribution in [0.25, 0.3) is 0 Å². The van der Waals surface area contributed by atoms with Crippen LogP contribution in [-0.2, 0) is 54.6 Å². The summed E-state index contributed by atoms with van der Waals surface area (Å²) in [6.45, 7) is 14.9. The van der Waals surface area contributed by atoms with E-state index >= 15 is 0 Å². The first-order valence-electron chi connectivity index (χ1n) is 26.4. The maximum atomic E-state index is 15.0. The number of amides is 7. The normalized spacial score (nSPS) is 22.2. The maximum absolute atomic E-state index is 15.0. The van der Waals surface area contributed by atoms with Gasteiger partial charge in [0.05, 0.1) is 24.2 Å². The molecule has 0 spiro atoms. The van der Waals surface area contributed by atoms with Crippen molar-refractivity contribution >= 4 is 41.4 Å². The molecular formula is C57H79N9O7. The number of rotatable bonds is 15. The summed E-state index contributed by atoms with van der Waals surface area (Å²) >= 11 is 0. The van der Waals surface area contributed by atoms with Gasteiger partial charge in [0.2, 0.25) is 35.4 Å². The number of hydrogen-bond donors (Lipinski definition) is 7. The Balaban J connectivity index is 1.16. The van der Waals surface area contributed by atoms with Crippen LogP contribution < -0.4 is 37.2 Å². The van der Waals surface area contributed by atoms with E-state index in [2.05, 4.69) is 49.4 Å². The number of benzene rings is 3. The van der Waals surface area contributed by atoms with E-state index in [4.69, 9.17) is 0 Å². The molecule has 16 heteroatoms.